The highest BCUT2D eigenvalue weighted by Gasteiger charge is 2.32. The van der Waals surface area contributed by atoms with Gasteiger partial charge in [0.2, 0.25) is 5.91 Å². The smallest absolute Gasteiger partial charge is 0.308 e. The number of benzene rings is 1. The van der Waals surface area contributed by atoms with Crippen LogP contribution >= 0.6 is 0 Å². The number of nitrogens with zero attached hydrogens (tertiary/aromatic N) is 1. The van der Waals surface area contributed by atoms with E-state index < -0.39 is 11.9 Å². The van der Waals surface area contributed by atoms with Crippen LogP contribution in [0.15, 0.2) is 24.3 Å². The summed E-state index contributed by atoms with van der Waals surface area (Å²) in [6.45, 7) is -0.243. The van der Waals surface area contributed by atoms with Gasteiger partial charge in [-0.1, -0.05) is 31.4 Å². The van der Waals surface area contributed by atoms with Crippen LogP contribution in [-0.2, 0) is 14.4 Å². The van der Waals surface area contributed by atoms with Crippen LogP contribution in [0, 0.1) is 5.92 Å². The van der Waals surface area contributed by atoms with Crippen LogP contribution in [0.4, 0.5) is 5.69 Å². The first-order valence-electron chi connectivity index (χ1n) is 8.60. The third-order valence-electron chi connectivity index (χ3n) is 4.79. The van der Waals surface area contributed by atoms with Crippen molar-refractivity contribution in [2.45, 2.75) is 38.1 Å². The van der Waals surface area contributed by atoms with Crippen molar-refractivity contribution in [1.82, 2.24) is 5.32 Å². The molecule has 1 aromatic rings. The van der Waals surface area contributed by atoms with Gasteiger partial charge in [0.1, 0.15) is 12.3 Å². The minimum absolute atomic E-state index is 0.106. The van der Waals surface area contributed by atoms with Gasteiger partial charge in [0.25, 0.3) is 5.91 Å². The molecule has 0 spiro atoms. The summed E-state index contributed by atoms with van der Waals surface area (Å²) < 4.78 is 5.36. The summed E-state index contributed by atoms with van der Waals surface area (Å²) >= 11 is 0. The number of hydrogen-bond acceptors (Lipinski definition) is 4. The number of fused-ring (bicyclic) bond motifs is 1. The molecule has 2 N–H and O–H groups in total. The van der Waals surface area contributed by atoms with Crippen molar-refractivity contribution in [3.05, 3.63) is 24.3 Å². The fourth-order valence-corrected chi connectivity index (χ4v) is 3.50. The van der Waals surface area contributed by atoms with Gasteiger partial charge in [-0.3, -0.25) is 19.3 Å². The molecule has 2 aliphatic rings. The van der Waals surface area contributed by atoms with Crippen molar-refractivity contribution in [1.29, 1.82) is 0 Å². The van der Waals surface area contributed by atoms with E-state index in [0.717, 1.165) is 19.3 Å². The average Bonchev–Trinajstić information content (AvgIpc) is 2.83. The van der Waals surface area contributed by atoms with Crippen LogP contribution in [-0.4, -0.2) is 42.1 Å². The number of amides is 2. The molecule has 7 nitrogen and oxygen atoms in total. The molecule has 7 heteroatoms. The Balaban J connectivity index is 1.69. The molecular weight excluding hydrogens is 324 g/mol. The summed E-state index contributed by atoms with van der Waals surface area (Å²) in [5.74, 6) is -1.51. The zero-order valence-electron chi connectivity index (χ0n) is 13.9. The van der Waals surface area contributed by atoms with E-state index in [2.05, 4.69) is 5.32 Å². The number of nitrogens with one attached hydrogen (secondary N) is 1. The van der Waals surface area contributed by atoms with E-state index in [0.29, 0.717) is 24.3 Å². The molecule has 2 amide bonds. The summed E-state index contributed by atoms with van der Waals surface area (Å²) in [5.41, 5.74) is 0.560. The molecular formula is C18H22N2O5. The molecule has 1 aliphatic heterocycles. The number of aliphatic carboxylic acids is 1. The fraction of sp³-hybridized carbons (Fsp3) is 0.500. The summed E-state index contributed by atoms with van der Waals surface area (Å²) in [7, 11) is 0. The summed E-state index contributed by atoms with van der Waals surface area (Å²) in [6.07, 6.45) is 3.95. The number of hydrogen-bond donors (Lipinski definition) is 2. The van der Waals surface area contributed by atoms with Crippen molar-refractivity contribution in [2.75, 3.05) is 18.1 Å². The van der Waals surface area contributed by atoms with Gasteiger partial charge in [0, 0.05) is 6.04 Å². The largest absolute Gasteiger partial charge is 0.482 e. The Morgan fingerprint density at radius 1 is 1.20 bits per heavy atom. The second-order valence-electron chi connectivity index (χ2n) is 6.49. The standard InChI is InChI=1S/C18H22N2O5/c21-16(19-13-7-3-1-2-6-12(13)18(23)24)10-20-14-8-4-5-9-15(14)25-11-17(20)22/h4-5,8-9,12-13H,1-3,6-7,10-11H2,(H,19,21)(H,23,24)/t12-,13+/m1/s1. The van der Waals surface area contributed by atoms with Crippen LogP contribution in [0.3, 0.4) is 0 Å². The quantitative estimate of drug-likeness (QED) is 0.807. The predicted octanol–water partition coefficient (Wildman–Crippen LogP) is 1.56. The molecule has 25 heavy (non-hydrogen) atoms. The van der Waals surface area contributed by atoms with E-state index in [9.17, 15) is 19.5 Å². The summed E-state index contributed by atoms with van der Waals surface area (Å²) in [4.78, 5) is 37.5. The lowest BCUT2D eigenvalue weighted by Crippen LogP contribution is -2.49. The number of anilines is 1. The van der Waals surface area contributed by atoms with Gasteiger partial charge in [-0.25, -0.2) is 0 Å². The molecule has 1 saturated carbocycles. The first-order valence-corrected chi connectivity index (χ1v) is 8.60. The topological polar surface area (TPSA) is 95.9 Å². The minimum atomic E-state index is -0.875. The number of ether oxygens (including phenoxy) is 1. The zero-order valence-corrected chi connectivity index (χ0v) is 13.9. The number of carboxylic acids is 1. The minimum Gasteiger partial charge on any atom is -0.482 e. The molecule has 1 aliphatic carbocycles. The Kier molecular flexibility index (Phi) is 5.21. The van der Waals surface area contributed by atoms with Crippen molar-refractivity contribution in [2.24, 2.45) is 5.92 Å². The molecule has 0 saturated heterocycles. The highest BCUT2D eigenvalue weighted by atomic mass is 16.5. The van der Waals surface area contributed by atoms with Crippen LogP contribution in [0.5, 0.6) is 5.75 Å². The summed E-state index contributed by atoms with van der Waals surface area (Å²) in [5, 5.41) is 12.2. The van der Waals surface area contributed by atoms with Gasteiger partial charge >= 0.3 is 5.97 Å². The van der Waals surface area contributed by atoms with Crippen molar-refractivity contribution < 1.29 is 24.2 Å². The lowest BCUT2D eigenvalue weighted by molar-refractivity contribution is -0.143. The number of carboxylic acid groups (broad SMARTS) is 1. The molecule has 2 atom stereocenters. The van der Waals surface area contributed by atoms with E-state index in [1.165, 1.54) is 4.90 Å². The predicted molar refractivity (Wildman–Crippen MR) is 90.4 cm³/mol. The second-order valence-corrected chi connectivity index (χ2v) is 6.49. The molecule has 0 unspecified atom stereocenters. The van der Waals surface area contributed by atoms with Gasteiger partial charge in [0.05, 0.1) is 11.6 Å². The SMILES string of the molecule is O=C(CN1C(=O)COc2ccccc21)N[C@H]1CCCCC[C@H]1C(=O)O. The molecule has 134 valence electrons. The van der Waals surface area contributed by atoms with Gasteiger partial charge < -0.3 is 15.2 Å². The third kappa shape index (κ3) is 3.92. The maximum Gasteiger partial charge on any atom is 0.308 e. The maximum atomic E-state index is 12.5. The van der Waals surface area contributed by atoms with E-state index >= 15 is 0 Å². The van der Waals surface area contributed by atoms with Crippen LogP contribution in [0.25, 0.3) is 0 Å². The Labute approximate surface area is 146 Å². The molecule has 0 aromatic heterocycles. The Morgan fingerprint density at radius 2 is 1.96 bits per heavy atom. The van der Waals surface area contributed by atoms with Crippen molar-refractivity contribution >= 4 is 23.5 Å². The monoisotopic (exact) mass is 346 g/mol. The molecule has 1 heterocycles. The molecule has 1 aromatic carbocycles. The second kappa shape index (κ2) is 7.55. The number of carbonyl (C=O) groups excluding carboxylic acids is 2. The van der Waals surface area contributed by atoms with E-state index in [1.54, 1.807) is 24.3 Å². The number of rotatable bonds is 4. The molecule has 0 radical (unpaired) electrons. The molecule has 1 fully saturated rings. The Morgan fingerprint density at radius 3 is 2.76 bits per heavy atom. The lowest BCUT2D eigenvalue weighted by atomic mass is 9.95. The molecule has 0 bridgehead atoms. The summed E-state index contributed by atoms with van der Waals surface area (Å²) in [6, 6.07) is 6.66. The normalized spacial score (nSPS) is 23.2. The number of para-hydroxylation sites is 2. The van der Waals surface area contributed by atoms with Gasteiger partial charge in [0.15, 0.2) is 6.61 Å². The highest BCUT2D eigenvalue weighted by molar-refractivity contribution is 6.02. The third-order valence-corrected chi connectivity index (χ3v) is 4.79. The van der Waals surface area contributed by atoms with E-state index in [1.807, 2.05) is 0 Å². The fourth-order valence-electron chi connectivity index (χ4n) is 3.50. The van der Waals surface area contributed by atoms with E-state index in [-0.39, 0.29) is 31.0 Å². The van der Waals surface area contributed by atoms with E-state index in [4.69, 9.17) is 4.74 Å². The van der Waals surface area contributed by atoms with Gasteiger partial charge in [-0.05, 0) is 25.0 Å². The first kappa shape index (κ1) is 17.3. The van der Waals surface area contributed by atoms with Crippen molar-refractivity contribution in [3.63, 3.8) is 0 Å². The van der Waals surface area contributed by atoms with Crippen molar-refractivity contribution in [3.8, 4) is 5.75 Å². The lowest BCUT2D eigenvalue weighted by Gasteiger charge is -2.30. The number of carbonyl (C=O) groups is 3. The first-order chi connectivity index (χ1) is 12.1. The molecule has 3 rings (SSSR count). The van der Waals surface area contributed by atoms with Crippen LogP contribution < -0.4 is 15.0 Å². The zero-order chi connectivity index (χ0) is 17.8. The van der Waals surface area contributed by atoms with Gasteiger partial charge in [-0.2, -0.15) is 0 Å². The van der Waals surface area contributed by atoms with Crippen LogP contribution in [0.1, 0.15) is 32.1 Å². The Hall–Kier alpha value is -2.57. The Bertz CT molecular complexity index is 675. The van der Waals surface area contributed by atoms with Crippen LogP contribution in [0.2, 0.25) is 0 Å². The van der Waals surface area contributed by atoms with Gasteiger partial charge in [-0.15, -0.1) is 0 Å². The highest BCUT2D eigenvalue weighted by Crippen LogP contribution is 2.31. The maximum absolute atomic E-state index is 12.5. The average molecular weight is 346 g/mol.